The molecule has 0 spiro atoms. The maximum atomic E-state index is 13.3. The van der Waals surface area contributed by atoms with Gasteiger partial charge in [-0.3, -0.25) is 9.59 Å². The third kappa shape index (κ3) is 6.25. The van der Waals surface area contributed by atoms with Crippen LogP contribution >= 0.6 is 0 Å². The molecule has 0 saturated heterocycles. The standard InChI is InChI=1S/C23H29NO4S/c1-8-19(22(25)16(3)4)14-24(15-20(9-2)23(26)17(5)6)29(27,28)21-12-10-18(7)11-13-21/h10-13,16-17H,1-2,14-15H2,3-7H3. The highest BCUT2D eigenvalue weighted by Gasteiger charge is 2.30. The Balaban J connectivity index is 3.46. The largest absolute Gasteiger partial charge is 0.294 e. The average Bonchev–Trinajstić information content (AvgIpc) is 2.67. The van der Waals surface area contributed by atoms with Gasteiger partial charge in [0.25, 0.3) is 0 Å². The van der Waals surface area contributed by atoms with Crippen LogP contribution in [0.3, 0.4) is 0 Å². The summed E-state index contributed by atoms with van der Waals surface area (Å²) in [6.07, 6.45) is 0. The number of nitrogens with zero attached hydrogens (tertiary/aromatic N) is 1. The summed E-state index contributed by atoms with van der Waals surface area (Å²) in [5.74, 6) is -1.17. The third-order valence-electron chi connectivity index (χ3n) is 4.40. The summed E-state index contributed by atoms with van der Waals surface area (Å²) in [5, 5.41) is 0. The van der Waals surface area contributed by atoms with Crippen molar-refractivity contribution in [3.05, 3.63) is 65.6 Å². The van der Waals surface area contributed by atoms with Gasteiger partial charge in [-0.2, -0.15) is 4.31 Å². The van der Waals surface area contributed by atoms with Gasteiger partial charge in [-0.1, -0.05) is 58.5 Å². The van der Waals surface area contributed by atoms with Crippen LogP contribution in [0.5, 0.6) is 0 Å². The van der Waals surface area contributed by atoms with Gasteiger partial charge in [0.1, 0.15) is 0 Å². The number of sulfonamides is 1. The predicted molar refractivity (Wildman–Crippen MR) is 115 cm³/mol. The van der Waals surface area contributed by atoms with E-state index in [9.17, 15) is 18.0 Å². The van der Waals surface area contributed by atoms with Gasteiger partial charge in [-0.25, -0.2) is 8.42 Å². The number of carbonyl (C=O) groups is 2. The molecule has 1 aromatic carbocycles. The molecule has 0 atom stereocenters. The molecule has 0 aliphatic heterocycles. The minimum atomic E-state index is -3.99. The summed E-state index contributed by atoms with van der Waals surface area (Å²) < 4.78 is 27.7. The van der Waals surface area contributed by atoms with E-state index < -0.39 is 10.0 Å². The van der Waals surface area contributed by atoms with E-state index in [1.165, 1.54) is 12.1 Å². The number of Topliss-reactive ketones (excluding diaryl/α,β-unsaturated/α-hetero) is 2. The second-order valence-electron chi connectivity index (χ2n) is 7.43. The summed E-state index contributed by atoms with van der Waals surface area (Å²) in [6, 6.07) is 6.39. The summed E-state index contributed by atoms with van der Waals surface area (Å²) >= 11 is 0. The van der Waals surface area contributed by atoms with Gasteiger partial charge < -0.3 is 0 Å². The van der Waals surface area contributed by atoms with Crippen molar-refractivity contribution in [3.63, 3.8) is 0 Å². The van der Waals surface area contributed by atoms with Gasteiger partial charge in [0.05, 0.1) is 29.1 Å². The molecule has 5 nitrogen and oxygen atoms in total. The number of carbonyl (C=O) groups excluding carboxylic acids is 2. The molecule has 0 heterocycles. The molecule has 1 aromatic rings. The Labute approximate surface area is 174 Å². The summed E-state index contributed by atoms with van der Waals surface area (Å²) in [6.45, 7) is 15.3. The lowest BCUT2D eigenvalue weighted by Gasteiger charge is -2.24. The maximum absolute atomic E-state index is 13.3. The number of hydrogen-bond donors (Lipinski definition) is 0. The molecule has 0 amide bonds. The third-order valence-corrected chi connectivity index (χ3v) is 6.20. The van der Waals surface area contributed by atoms with E-state index in [1.54, 1.807) is 39.8 Å². The van der Waals surface area contributed by atoms with Crippen molar-refractivity contribution in [3.8, 4) is 0 Å². The summed E-state index contributed by atoms with van der Waals surface area (Å²) in [4.78, 5) is 25.0. The molecule has 0 aromatic heterocycles. The smallest absolute Gasteiger partial charge is 0.243 e. The van der Waals surface area contributed by atoms with Crippen molar-refractivity contribution in [2.45, 2.75) is 39.5 Å². The molecule has 0 radical (unpaired) electrons. The molecule has 0 saturated carbocycles. The first-order valence-corrected chi connectivity index (χ1v) is 10.8. The first-order valence-electron chi connectivity index (χ1n) is 9.38. The maximum Gasteiger partial charge on any atom is 0.243 e. The fourth-order valence-corrected chi connectivity index (χ4v) is 3.95. The SMILES string of the molecule is C=C=C(CN(CC(=C=C)C(=O)C(C)C)S(=O)(=O)c1ccc(C)cc1)C(=O)C(C)C. The molecule has 0 unspecified atom stereocenters. The van der Waals surface area contributed by atoms with E-state index in [0.717, 1.165) is 9.87 Å². The van der Waals surface area contributed by atoms with Crippen LogP contribution in [-0.2, 0) is 19.6 Å². The normalized spacial score (nSPS) is 11.3. The molecular formula is C23H29NO4S. The predicted octanol–water partition coefficient (Wildman–Crippen LogP) is 3.86. The van der Waals surface area contributed by atoms with Gasteiger partial charge >= 0.3 is 0 Å². The van der Waals surface area contributed by atoms with Crippen molar-refractivity contribution in [1.82, 2.24) is 4.31 Å². The van der Waals surface area contributed by atoms with Gasteiger partial charge in [0.15, 0.2) is 11.6 Å². The molecule has 1 rings (SSSR count). The van der Waals surface area contributed by atoms with E-state index in [2.05, 4.69) is 24.6 Å². The topological polar surface area (TPSA) is 71.5 Å². The zero-order valence-corrected chi connectivity index (χ0v) is 18.6. The molecule has 0 N–H and O–H groups in total. The highest BCUT2D eigenvalue weighted by Crippen LogP contribution is 2.21. The second-order valence-corrected chi connectivity index (χ2v) is 9.37. The fraction of sp³-hybridized carbons (Fsp3) is 0.391. The van der Waals surface area contributed by atoms with Crippen molar-refractivity contribution >= 4 is 21.6 Å². The lowest BCUT2D eigenvalue weighted by Crippen LogP contribution is -2.37. The van der Waals surface area contributed by atoms with Crippen LogP contribution < -0.4 is 0 Å². The Kier molecular flexibility index (Phi) is 8.75. The van der Waals surface area contributed by atoms with Crippen molar-refractivity contribution in [1.29, 1.82) is 0 Å². The summed E-state index contributed by atoms with van der Waals surface area (Å²) in [7, 11) is -3.99. The summed E-state index contributed by atoms with van der Waals surface area (Å²) in [5.41, 5.74) is 6.35. The number of rotatable bonds is 10. The Morgan fingerprint density at radius 3 is 1.59 bits per heavy atom. The Hall–Kier alpha value is -2.49. The number of benzene rings is 1. The van der Waals surface area contributed by atoms with E-state index in [0.29, 0.717) is 0 Å². The average molecular weight is 416 g/mol. The van der Waals surface area contributed by atoms with E-state index in [1.807, 2.05) is 6.92 Å². The first-order chi connectivity index (χ1) is 13.4. The highest BCUT2D eigenvalue weighted by molar-refractivity contribution is 7.89. The lowest BCUT2D eigenvalue weighted by atomic mass is 10.0. The minimum Gasteiger partial charge on any atom is -0.294 e. The molecule has 0 fully saturated rings. The quantitative estimate of drug-likeness (QED) is 0.430. The van der Waals surface area contributed by atoms with Crippen LogP contribution in [0, 0.1) is 18.8 Å². The van der Waals surface area contributed by atoms with Gasteiger partial charge in [-0.05, 0) is 19.1 Å². The van der Waals surface area contributed by atoms with Crippen LogP contribution in [-0.4, -0.2) is 37.4 Å². The van der Waals surface area contributed by atoms with Crippen LogP contribution in [0.2, 0.25) is 0 Å². The number of hydrogen-bond acceptors (Lipinski definition) is 4. The van der Waals surface area contributed by atoms with Crippen molar-refractivity contribution < 1.29 is 18.0 Å². The van der Waals surface area contributed by atoms with E-state index in [4.69, 9.17) is 0 Å². The molecule has 6 heteroatoms. The van der Waals surface area contributed by atoms with Crippen molar-refractivity contribution in [2.75, 3.05) is 13.1 Å². The monoisotopic (exact) mass is 415 g/mol. The zero-order valence-electron chi connectivity index (χ0n) is 17.8. The minimum absolute atomic E-state index is 0.0731. The van der Waals surface area contributed by atoms with Crippen LogP contribution in [0.25, 0.3) is 0 Å². The van der Waals surface area contributed by atoms with Crippen LogP contribution in [0.15, 0.2) is 64.9 Å². The molecule has 156 valence electrons. The Morgan fingerprint density at radius 2 is 1.28 bits per heavy atom. The molecule has 0 aliphatic carbocycles. The Morgan fingerprint density at radius 1 is 0.897 bits per heavy atom. The van der Waals surface area contributed by atoms with Gasteiger partial charge in [0.2, 0.25) is 10.0 Å². The van der Waals surface area contributed by atoms with Crippen molar-refractivity contribution in [2.24, 2.45) is 11.8 Å². The molecular weight excluding hydrogens is 386 g/mol. The first kappa shape index (κ1) is 24.5. The van der Waals surface area contributed by atoms with Crippen LogP contribution in [0.1, 0.15) is 33.3 Å². The number of ketones is 2. The molecule has 0 aliphatic rings. The highest BCUT2D eigenvalue weighted by atomic mass is 32.2. The van der Waals surface area contributed by atoms with Gasteiger partial charge in [0, 0.05) is 11.8 Å². The van der Waals surface area contributed by atoms with E-state index in [-0.39, 0.29) is 52.5 Å². The zero-order chi connectivity index (χ0) is 22.4. The lowest BCUT2D eigenvalue weighted by molar-refractivity contribution is -0.118. The Bertz CT molecular complexity index is 928. The van der Waals surface area contributed by atoms with Gasteiger partial charge in [-0.15, -0.1) is 11.5 Å². The fourth-order valence-electron chi connectivity index (χ4n) is 2.58. The number of aryl methyl sites for hydroxylation is 1. The van der Waals surface area contributed by atoms with E-state index >= 15 is 0 Å². The molecule has 0 bridgehead atoms. The second kappa shape index (κ2) is 10.3. The van der Waals surface area contributed by atoms with Crippen LogP contribution in [0.4, 0.5) is 0 Å². The molecule has 29 heavy (non-hydrogen) atoms.